The third-order valence-corrected chi connectivity index (χ3v) is 5.83. The lowest BCUT2D eigenvalue weighted by Gasteiger charge is -2.37. The predicted molar refractivity (Wildman–Crippen MR) is 77.3 cm³/mol. The van der Waals surface area contributed by atoms with Crippen molar-refractivity contribution in [2.45, 2.75) is 43.5 Å². The van der Waals surface area contributed by atoms with Crippen molar-refractivity contribution in [2.75, 3.05) is 12.9 Å². The number of ether oxygens (including phenoxy) is 1. The molecule has 1 atom stereocenters. The summed E-state index contributed by atoms with van der Waals surface area (Å²) in [6.07, 6.45) is 3.69. The second kappa shape index (κ2) is 4.17. The smallest absolute Gasteiger partial charge is 0.119 e. The van der Waals surface area contributed by atoms with Gasteiger partial charge in [-0.25, -0.2) is 0 Å². The Morgan fingerprint density at radius 3 is 2.83 bits per heavy atom. The van der Waals surface area contributed by atoms with Crippen molar-refractivity contribution in [1.29, 1.82) is 0 Å². The fraction of sp³-hybridized carbons (Fsp3) is 0.600. The topological polar surface area (TPSA) is 21.3 Å². The molecule has 2 nitrogen and oxygen atoms in total. The van der Waals surface area contributed by atoms with E-state index in [0.29, 0.717) is 0 Å². The fourth-order valence-corrected chi connectivity index (χ4v) is 4.80. The van der Waals surface area contributed by atoms with Crippen LogP contribution in [-0.4, -0.2) is 18.4 Å². The van der Waals surface area contributed by atoms with E-state index in [4.69, 9.17) is 4.74 Å². The van der Waals surface area contributed by atoms with Gasteiger partial charge in [0.2, 0.25) is 0 Å². The first-order chi connectivity index (χ1) is 8.55. The lowest BCUT2D eigenvalue weighted by Crippen LogP contribution is -2.46. The van der Waals surface area contributed by atoms with Crippen molar-refractivity contribution in [2.24, 2.45) is 0 Å². The number of hydrogen-bond donors (Lipinski definition) is 1. The monoisotopic (exact) mass is 263 g/mol. The molecule has 3 heteroatoms. The SMILES string of the molecule is COc1ccc2c(c1)C1(CCC2)NC(C)(C)CS1. The van der Waals surface area contributed by atoms with Crippen molar-refractivity contribution < 1.29 is 4.74 Å². The molecular formula is C15H21NOS. The number of rotatable bonds is 1. The molecule has 1 heterocycles. The van der Waals surface area contributed by atoms with Gasteiger partial charge in [0.15, 0.2) is 0 Å². The molecule has 0 saturated carbocycles. The van der Waals surface area contributed by atoms with Crippen LogP contribution in [0.5, 0.6) is 5.75 Å². The Labute approximate surface area is 113 Å². The van der Waals surface area contributed by atoms with Crippen LogP contribution in [0.1, 0.15) is 37.8 Å². The van der Waals surface area contributed by atoms with E-state index in [2.05, 4.69) is 49.1 Å². The maximum atomic E-state index is 5.40. The highest BCUT2D eigenvalue weighted by Crippen LogP contribution is 2.50. The summed E-state index contributed by atoms with van der Waals surface area (Å²) in [7, 11) is 1.75. The minimum absolute atomic E-state index is 0.117. The van der Waals surface area contributed by atoms with Crippen molar-refractivity contribution in [3.8, 4) is 5.75 Å². The lowest BCUT2D eigenvalue weighted by molar-refractivity contribution is 0.335. The standard InChI is InChI=1S/C15H21NOS/c1-14(2)10-18-15(16-14)8-4-5-11-6-7-12(17-3)9-13(11)15/h6-7,9,16H,4-5,8,10H2,1-3H3. The zero-order chi connectivity index (χ0) is 12.8. The second-order valence-electron chi connectivity index (χ2n) is 6.00. The average Bonchev–Trinajstić information content (AvgIpc) is 2.66. The van der Waals surface area contributed by atoms with Gasteiger partial charge < -0.3 is 4.74 Å². The first-order valence-corrected chi connectivity index (χ1v) is 7.64. The Hall–Kier alpha value is -0.670. The molecule has 1 N–H and O–H groups in total. The summed E-state index contributed by atoms with van der Waals surface area (Å²) in [4.78, 5) is 0.117. The lowest BCUT2D eigenvalue weighted by atomic mass is 9.85. The van der Waals surface area contributed by atoms with Crippen LogP contribution in [0.2, 0.25) is 0 Å². The van der Waals surface area contributed by atoms with Gasteiger partial charge in [0.1, 0.15) is 5.75 Å². The molecule has 1 unspecified atom stereocenters. The van der Waals surface area contributed by atoms with Crippen LogP contribution in [0, 0.1) is 0 Å². The van der Waals surface area contributed by atoms with Gasteiger partial charge in [-0.15, -0.1) is 11.8 Å². The number of hydrogen-bond acceptors (Lipinski definition) is 3. The van der Waals surface area contributed by atoms with Crippen LogP contribution in [0.4, 0.5) is 0 Å². The molecule has 3 rings (SSSR count). The van der Waals surface area contributed by atoms with Gasteiger partial charge in [-0.2, -0.15) is 0 Å². The summed E-state index contributed by atoms with van der Waals surface area (Å²) in [5.41, 5.74) is 3.16. The van der Waals surface area contributed by atoms with Gasteiger partial charge >= 0.3 is 0 Å². The molecule has 1 spiro atoms. The summed E-state index contributed by atoms with van der Waals surface area (Å²) in [5.74, 6) is 2.14. The number of benzene rings is 1. The Balaban J connectivity index is 2.06. The summed E-state index contributed by atoms with van der Waals surface area (Å²) in [5, 5.41) is 3.86. The van der Waals surface area contributed by atoms with E-state index in [0.717, 1.165) is 5.75 Å². The van der Waals surface area contributed by atoms with E-state index < -0.39 is 0 Å². The second-order valence-corrected chi connectivity index (χ2v) is 7.28. The molecule has 0 bridgehead atoms. The highest BCUT2D eigenvalue weighted by atomic mass is 32.2. The normalized spacial score (nSPS) is 29.3. The molecule has 2 aliphatic rings. The molecule has 1 aliphatic carbocycles. The Kier molecular flexibility index (Phi) is 2.87. The number of nitrogens with one attached hydrogen (secondary N) is 1. The molecular weight excluding hydrogens is 242 g/mol. The highest BCUT2D eigenvalue weighted by molar-refractivity contribution is 8.00. The zero-order valence-corrected chi connectivity index (χ0v) is 12.2. The fourth-order valence-electron chi connectivity index (χ4n) is 3.14. The molecule has 0 aromatic heterocycles. The summed E-state index contributed by atoms with van der Waals surface area (Å²) < 4.78 is 5.40. The quantitative estimate of drug-likeness (QED) is 0.840. The molecule has 1 saturated heterocycles. The van der Waals surface area contributed by atoms with Crippen molar-refractivity contribution in [3.63, 3.8) is 0 Å². The third kappa shape index (κ3) is 1.94. The first-order valence-electron chi connectivity index (χ1n) is 6.65. The largest absolute Gasteiger partial charge is 0.497 e. The van der Waals surface area contributed by atoms with E-state index >= 15 is 0 Å². The van der Waals surface area contributed by atoms with Crippen LogP contribution < -0.4 is 10.1 Å². The number of methoxy groups -OCH3 is 1. The number of aryl methyl sites for hydroxylation is 1. The molecule has 0 amide bonds. The van der Waals surface area contributed by atoms with E-state index in [1.54, 1.807) is 7.11 Å². The van der Waals surface area contributed by atoms with Crippen molar-refractivity contribution in [1.82, 2.24) is 5.32 Å². The molecule has 0 radical (unpaired) electrons. The van der Waals surface area contributed by atoms with E-state index in [9.17, 15) is 0 Å². The minimum Gasteiger partial charge on any atom is -0.497 e. The molecule has 1 aromatic rings. The minimum atomic E-state index is 0.117. The highest BCUT2D eigenvalue weighted by Gasteiger charge is 2.46. The summed E-state index contributed by atoms with van der Waals surface area (Å²) in [6, 6.07) is 6.56. The van der Waals surface area contributed by atoms with Gasteiger partial charge in [-0.05, 0) is 56.4 Å². The Morgan fingerprint density at radius 2 is 2.17 bits per heavy atom. The summed E-state index contributed by atoms with van der Waals surface area (Å²) >= 11 is 2.07. The Bertz CT molecular complexity index is 472. The van der Waals surface area contributed by atoms with Crippen molar-refractivity contribution >= 4 is 11.8 Å². The maximum Gasteiger partial charge on any atom is 0.119 e. The molecule has 1 aliphatic heterocycles. The number of thioether (sulfide) groups is 1. The predicted octanol–water partition coefficient (Wildman–Crippen LogP) is 3.30. The number of fused-ring (bicyclic) bond motifs is 2. The van der Waals surface area contributed by atoms with Crippen LogP contribution in [0.25, 0.3) is 0 Å². The van der Waals surface area contributed by atoms with Gasteiger partial charge in [-0.1, -0.05) is 6.07 Å². The van der Waals surface area contributed by atoms with Crippen LogP contribution >= 0.6 is 11.8 Å². The van der Waals surface area contributed by atoms with Crippen LogP contribution in [-0.2, 0) is 11.3 Å². The molecule has 1 fully saturated rings. The Morgan fingerprint density at radius 1 is 1.33 bits per heavy atom. The van der Waals surface area contributed by atoms with Crippen molar-refractivity contribution in [3.05, 3.63) is 29.3 Å². The van der Waals surface area contributed by atoms with Gasteiger partial charge in [0, 0.05) is 11.3 Å². The molecule has 98 valence electrons. The zero-order valence-electron chi connectivity index (χ0n) is 11.4. The molecule has 18 heavy (non-hydrogen) atoms. The van der Waals surface area contributed by atoms with E-state index in [-0.39, 0.29) is 10.4 Å². The van der Waals surface area contributed by atoms with Crippen LogP contribution in [0.15, 0.2) is 18.2 Å². The maximum absolute atomic E-state index is 5.40. The van der Waals surface area contributed by atoms with Gasteiger partial charge in [0.25, 0.3) is 0 Å². The van der Waals surface area contributed by atoms with E-state index in [1.165, 1.54) is 36.1 Å². The third-order valence-electron chi connectivity index (χ3n) is 3.95. The first kappa shape index (κ1) is 12.4. The van der Waals surface area contributed by atoms with Crippen LogP contribution in [0.3, 0.4) is 0 Å². The van der Waals surface area contributed by atoms with Gasteiger partial charge in [0.05, 0.1) is 12.0 Å². The van der Waals surface area contributed by atoms with Gasteiger partial charge in [-0.3, -0.25) is 5.32 Å². The summed E-state index contributed by atoms with van der Waals surface area (Å²) in [6.45, 7) is 4.59. The van der Waals surface area contributed by atoms with E-state index in [1.807, 2.05) is 0 Å². The average molecular weight is 263 g/mol. The molecule has 1 aromatic carbocycles.